The average Bonchev–Trinajstić information content (AvgIpc) is 3.64. The Balaban J connectivity index is 1.48. The van der Waals surface area contributed by atoms with Crippen LogP contribution in [-0.4, -0.2) is 117 Å². The molecule has 25 heteroatoms. The van der Waals surface area contributed by atoms with E-state index < -0.39 is 88.6 Å². The molecular weight excluding hydrogens is 1060 g/mol. The van der Waals surface area contributed by atoms with Gasteiger partial charge in [-0.15, -0.1) is 6.42 Å². The second kappa shape index (κ2) is 19.8. The maximum absolute atomic E-state index is 12.9. The van der Waals surface area contributed by atoms with E-state index in [4.69, 9.17) is 6.42 Å². The van der Waals surface area contributed by atoms with Crippen molar-refractivity contribution in [3.8, 4) is 12.3 Å². The van der Waals surface area contributed by atoms with Crippen molar-refractivity contribution in [1.29, 1.82) is 0 Å². The molecule has 2 aliphatic heterocycles. The second-order valence-corrected chi connectivity index (χ2v) is 26.1. The molecule has 0 saturated heterocycles. The summed E-state index contributed by atoms with van der Waals surface area (Å²) in [5, 5.41) is 3.63. The van der Waals surface area contributed by atoms with E-state index in [0.29, 0.717) is 61.9 Å². The van der Waals surface area contributed by atoms with E-state index >= 15 is 0 Å². The molecule has 0 unspecified atom stereocenters. The van der Waals surface area contributed by atoms with Crippen LogP contribution >= 0.6 is 0 Å². The lowest BCUT2D eigenvalue weighted by molar-refractivity contribution is -0.437. The molecule has 74 heavy (non-hydrogen) atoms. The van der Waals surface area contributed by atoms with Crippen LogP contribution in [0.25, 0.3) is 27.1 Å². The first-order valence-electron chi connectivity index (χ1n) is 22.4. The van der Waals surface area contributed by atoms with E-state index in [9.17, 15) is 69.6 Å². The minimum Gasteiger partial charge on any atom is -0.344 e. The number of aromatic nitrogens is 1. The molecule has 6 N–H and O–H groups in total. The Morgan fingerprint density at radius 2 is 1.35 bits per heavy atom. The van der Waals surface area contributed by atoms with E-state index in [1.54, 1.807) is 68.2 Å². The summed E-state index contributed by atoms with van der Waals surface area (Å²) in [7, 11) is -23.7. The molecule has 1 aromatic heterocycles. The number of nitrogens with zero attached hydrogens (tertiary/aromatic N) is 3. The van der Waals surface area contributed by atoms with Crippen molar-refractivity contribution in [3.05, 3.63) is 125 Å². The molecule has 0 aliphatic carbocycles. The van der Waals surface area contributed by atoms with Crippen molar-refractivity contribution >= 4 is 101 Å². The molecule has 0 fully saturated rings. The van der Waals surface area contributed by atoms with Gasteiger partial charge in [-0.3, -0.25) is 32.5 Å². The molecular formula is C49H51N4O16S5+. The smallest absolute Gasteiger partial charge is 0.295 e. The Bertz CT molecular complexity index is 3970. The maximum Gasteiger partial charge on any atom is 0.295 e. The molecule has 3 heterocycles. The number of hydrogen-bond donors (Lipinski definition) is 6. The standard InChI is InChI=1S/C49H50N4O16S5/c1-7-20-50-47(54)32-10-15-39(51-29-32)31(11-18-43-48(3,4)45-37-26-33(72(61,62)63)25-30(2)35(37)13-16-40(45)52(43)21-8-23-70(55,56)57)12-19-44-49(5,6)46-38-27-34(73(64,65)66)28-42(74(67,68)69)36(38)14-17-41(46)53(44)22-9-24-71(58,59)60/h1,10-19,25-29H,8-9,20-24H2,2-6H3,(H5-,50,54,55,56,57,58,59,60,61,62,63,64,65,66,67,68,69)/p+1. The topological polar surface area (TPSA) is 320 Å². The Morgan fingerprint density at radius 3 is 1.93 bits per heavy atom. The highest BCUT2D eigenvalue weighted by molar-refractivity contribution is 7.87. The largest absolute Gasteiger partial charge is 0.344 e. The maximum atomic E-state index is 12.9. The predicted molar refractivity (Wildman–Crippen MR) is 278 cm³/mol. The van der Waals surface area contributed by atoms with Crippen LogP contribution in [0.2, 0.25) is 0 Å². The third-order valence-corrected chi connectivity index (χ3v) is 17.2. The van der Waals surface area contributed by atoms with Crippen LogP contribution in [0.5, 0.6) is 0 Å². The number of benzene rings is 4. The summed E-state index contributed by atoms with van der Waals surface area (Å²) in [6, 6.07) is 13.8. The number of aryl methyl sites for hydroxylation is 1. The lowest BCUT2D eigenvalue weighted by Crippen LogP contribution is -2.28. The van der Waals surface area contributed by atoms with Crippen molar-refractivity contribution < 1.29 is 74.2 Å². The van der Waals surface area contributed by atoms with Crippen molar-refractivity contribution in [1.82, 2.24) is 10.3 Å². The average molecular weight is 1110 g/mol. The molecule has 392 valence electrons. The Labute approximate surface area is 429 Å². The Hall–Kier alpha value is -6.18. The van der Waals surface area contributed by atoms with Crippen LogP contribution in [0.4, 0.5) is 11.4 Å². The highest BCUT2D eigenvalue weighted by Crippen LogP contribution is 2.52. The molecule has 0 saturated carbocycles. The lowest BCUT2D eigenvalue weighted by Gasteiger charge is -2.27. The van der Waals surface area contributed by atoms with Crippen LogP contribution in [0.15, 0.2) is 112 Å². The van der Waals surface area contributed by atoms with Crippen LogP contribution in [0, 0.1) is 19.3 Å². The van der Waals surface area contributed by atoms with Gasteiger partial charge < -0.3 is 10.2 Å². The minimum atomic E-state index is -5.10. The molecule has 0 atom stereocenters. The highest BCUT2D eigenvalue weighted by Gasteiger charge is 2.46. The molecule has 7 rings (SSSR count). The van der Waals surface area contributed by atoms with Crippen molar-refractivity contribution in [2.45, 2.75) is 73.0 Å². The van der Waals surface area contributed by atoms with E-state index in [0.717, 1.165) is 6.07 Å². The molecule has 0 bridgehead atoms. The number of nitrogens with one attached hydrogen (secondary N) is 1. The van der Waals surface area contributed by atoms with E-state index in [1.165, 1.54) is 36.5 Å². The second-order valence-electron chi connectivity index (χ2n) is 18.7. The normalized spacial score (nSPS) is 16.6. The minimum absolute atomic E-state index is 0.00263. The van der Waals surface area contributed by atoms with Gasteiger partial charge in [-0.2, -0.15) is 46.7 Å². The fourth-order valence-electron chi connectivity index (χ4n) is 9.79. The van der Waals surface area contributed by atoms with Crippen LogP contribution in [0.3, 0.4) is 0 Å². The van der Waals surface area contributed by atoms with Gasteiger partial charge in [-0.1, -0.05) is 31.9 Å². The number of fused-ring (bicyclic) bond motifs is 6. The number of anilines is 1. The van der Waals surface area contributed by atoms with Gasteiger partial charge in [0.05, 0.1) is 44.5 Å². The molecule has 4 aromatic carbocycles. The zero-order chi connectivity index (χ0) is 54.7. The van der Waals surface area contributed by atoms with Gasteiger partial charge in [0.25, 0.3) is 56.5 Å². The summed E-state index contributed by atoms with van der Waals surface area (Å²) < 4.78 is 175. The number of carbonyl (C=O) groups excluding carboxylic acids is 1. The van der Waals surface area contributed by atoms with E-state index in [-0.39, 0.29) is 59.4 Å². The Morgan fingerprint density at radius 1 is 0.743 bits per heavy atom. The van der Waals surface area contributed by atoms with Gasteiger partial charge in [0, 0.05) is 64.6 Å². The van der Waals surface area contributed by atoms with Gasteiger partial charge in [0.15, 0.2) is 5.71 Å². The van der Waals surface area contributed by atoms with Gasteiger partial charge in [0.1, 0.15) is 11.4 Å². The van der Waals surface area contributed by atoms with E-state index in [1.807, 2.05) is 18.4 Å². The summed E-state index contributed by atoms with van der Waals surface area (Å²) >= 11 is 0. The molecule has 0 radical (unpaired) electrons. The molecule has 2 aliphatic rings. The van der Waals surface area contributed by atoms with Crippen LogP contribution < -0.4 is 10.2 Å². The summed E-state index contributed by atoms with van der Waals surface area (Å²) in [6.45, 7) is 8.76. The van der Waals surface area contributed by atoms with Gasteiger partial charge in [0.2, 0.25) is 5.69 Å². The summed E-state index contributed by atoms with van der Waals surface area (Å²) in [4.78, 5) is 17.2. The molecule has 5 aromatic rings. The zero-order valence-corrected chi connectivity index (χ0v) is 44.4. The van der Waals surface area contributed by atoms with Crippen molar-refractivity contribution in [3.63, 3.8) is 0 Å². The summed E-state index contributed by atoms with van der Waals surface area (Å²) in [6.07, 6.45) is 13.2. The fourth-order valence-corrected chi connectivity index (χ4v) is 12.7. The van der Waals surface area contributed by atoms with Gasteiger partial charge in [-0.05, 0) is 115 Å². The summed E-state index contributed by atoms with van der Waals surface area (Å²) in [5.74, 6) is 0.545. The van der Waals surface area contributed by atoms with E-state index in [2.05, 4.69) is 16.2 Å². The quantitative estimate of drug-likeness (QED) is 0.0267. The van der Waals surface area contributed by atoms with Gasteiger partial charge in [-0.25, -0.2) is 0 Å². The number of allylic oxidation sites excluding steroid dienone is 6. The van der Waals surface area contributed by atoms with Gasteiger partial charge >= 0.3 is 0 Å². The summed E-state index contributed by atoms with van der Waals surface area (Å²) in [5.41, 5.74) is 1.97. The monoisotopic (exact) mass is 1110 g/mol. The first kappa shape index (κ1) is 55.6. The number of terminal acetylenes is 1. The molecule has 0 spiro atoms. The number of pyridine rings is 1. The van der Waals surface area contributed by atoms with Crippen molar-refractivity contribution in [2.75, 3.05) is 36.0 Å². The SMILES string of the molecule is C#CCNC(=O)c1ccc(C(=C\C=C2\N(CCCS(=O)(=O)O)c3ccc4c(S(=O)(=O)O)cc(S(=O)(=O)O)cc4c3C2(C)C)/C=C/C2=[N+](CCCS(=O)(=O)O)c3ccc4c(C)cc(S(=O)(=O)O)cc4c3C2(C)C)nc1. The van der Waals surface area contributed by atoms with Crippen LogP contribution in [-0.2, 0) is 61.4 Å². The first-order chi connectivity index (χ1) is 34.1. The number of amides is 1. The number of carbonyl (C=O) groups is 1. The third kappa shape index (κ3) is 11.4. The number of hydrogen-bond acceptors (Lipinski definition) is 13. The zero-order valence-electron chi connectivity index (χ0n) is 40.3. The third-order valence-electron chi connectivity index (χ3n) is 13.0. The first-order valence-corrected chi connectivity index (χ1v) is 29.9. The van der Waals surface area contributed by atoms with Crippen LogP contribution in [0.1, 0.15) is 73.3 Å². The Kier molecular flexibility index (Phi) is 14.9. The lowest BCUT2D eigenvalue weighted by atomic mass is 9.78. The fraction of sp³-hybridized carbons (Fsp3) is 0.286. The predicted octanol–water partition coefficient (Wildman–Crippen LogP) is 6.05. The van der Waals surface area contributed by atoms with Crippen molar-refractivity contribution in [2.24, 2.45) is 0 Å². The number of rotatable bonds is 17. The molecule has 20 nitrogen and oxygen atoms in total. The molecule has 1 amide bonds. The highest BCUT2D eigenvalue weighted by atomic mass is 32.2.